The number of morpholine rings is 1. The van der Waals surface area contributed by atoms with Gasteiger partial charge in [-0.05, 0) is 19.9 Å². The highest BCUT2D eigenvalue weighted by Crippen LogP contribution is 2.35. The third-order valence-corrected chi connectivity index (χ3v) is 5.88. The van der Waals surface area contributed by atoms with Crippen LogP contribution in [0.25, 0.3) is 16.9 Å². The first-order valence-electron chi connectivity index (χ1n) is 11.2. The quantitative estimate of drug-likeness (QED) is 0.481. The number of anilines is 2. The lowest BCUT2D eigenvalue weighted by atomic mass is 10.1. The fourth-order valence-corrected chi connectivity index (χ4v) is 4.53. The summed E-state index contributed by atoms with van der Waals surface area (Å²) in [6.45, 7) is 5.54. The number of hydrogen-bond acceptors (Lipinski definition) is 8. The molecule has 1 fully saturated rings. The first-order valence-corrected chi connectivity index (χ1v) is 11.2. The SMILES string of the molecule is COc1ncccc1Cn1nc2c(N3CC(C)OC(C)C3)c(-c3ccccc3)nc(N)n2c1=O. The van der Waals surface area contributed by atoms with Gasteiger partial charge in [-0.3, -0.25) is 0 Å². The van der Waals surface area contributed by atoms with E-state index in [0.29, 0.717) is 30.3 Å². The summed E-state index contributed by atoms with van der Waals surface area (Å²) in [6.07, 6.45) is 1.67. The lowest BCUT2D eigenvalue weighted by molar-refractivity contribution is -0.00513. The molecule has 3 aromatic heterocycles. The Bertz CT molecular complexity index is 1370. The minimum Gasteiger partial charge on any atom is -0.481 e. The van der Waals surface area contributed by atoms with Gasteiger partial charge in [-0.15, -0.1) is 5.10 Å². The molecule has 176 valence electrons. The van der Waals surface area contributed by atoms with Gasteiger partial charge in [0, 0.05) is 30.4 Å². The van der Waals surface area contributed by atoms with Gasteiger partial charge in [0.05, 0.1) is 25.9 Å². The number of fused-ring (bicyclic) bond motifs is 1. The van der Waals surface area contributed by atoms with Crippen molar-refractivity contribution in [2.75, 3.05) is 30.8 Å². The van der Waals surface area contributed by atoms with Crippen LogP contribution in [0, 0.1) is 0 Å². The van der Waals surface area contributed by atoms with E-state index in [1.54, 1.807) is 19.4 Å². The smallest absolute Gasteiger partial charge is 0.353 e. The van der Waals surface area contributed by atoms with Gasteiger partial charge in [0.15, 0.2) is 5.65 Å². The minimum absolute atomic E-state index is 0.0124. The predicted molar refractivity (Wildman–Crippen MR) is 129 cm³/mol. The van der Waals surface area contributed by atoms with Crippen molar-refractivity contribution in [3.05, 3.63) is 64.7 Å². The maximum Gasteiger partial charge on any atom is 0.353 e. The largest absolute Gasteiger partial charge is 0.481 e. The van der Waals surface area contributed by atoms with Crippen molar-refractivity contribution < 1.29 is 9.47 Å². The fourth-order valence-electron chi connectivity index (χ4n) is 4.53. The Morgan fingerprint density at radius 3 is 2.56 bits per heavy atom. The molecule has 0 amide bonds. The summed E-state index contributed by atoms with van der Waals surface area (Å²) in [4.78, 5) is 24.5. The molecule has 2 N–H and O–H groups in total. The number of pyridine rings is 1. The molecule has 4 heterocycles. The lowest BCUT2D eigenvalue weighted by Gasteiger charge is -2.37. The number of ether oxygens (including phenoxy) is 2. The molecule has 1 aliphatic heterocycles. The van der Waals surface area contributed by atoms with Crippen LogP contribution < -0.4 is 21.1 Å². The van der Waals surface area contributed by atoms with E-state index in [9.17, 15) is 4.79 Å². The van der Waals surface area contributed by atoms with E-state index in [1.165, 1.54) is 9.08 Å². The Balaban J connectivity index is 1.73. The summed E-state index contributed by atoms with van der Waals surface area (Å²) >= 11 is 0. The van der Waals surface area contributed by atoms with Gasteiger partial charge in [-0.2, -0.15) is 0 Å². The third-order valence-electron chi connectivity index (χ3n) is 5.88. The Morgan fingerprint density at radius 1 is 1.12 bits per heavy atom. The van der Waals surface area contributed by atoms with E-state index in [4.69, 9.17) is 20.3 Å². The first-order chi connectivity index (χ1) is 16.5. The second kappa shape index (κ2) is 8.79. The normalized spacial score (nSPS) is 18.4. The molecular weight excluding hydrogens is 434 g/mol. The molecule has 5 rings (SSSR count). The summed E-state index contributed by atoms with van der Waals surface area (Å²) < 4.78 is 14.0. The molecule has 0 radical (unpaired) electrons. The van der Waals surface area contributed by atoms with Crippen molar-refractivity contribution in [2.45, 2.75) is 32.6 Å². The van der Waals surface area contributed by atoms with E-state index >= 15 is 0 Å². The van der Waals surface area contributed by atoms with Crippen molar-refractivity contribution in [2.24, 2.45) is 0 Å². The molecule has 1 aromatic carbocycles. The Kier molecular flexibility index (Phi) is 5.66. The monoisotopic (exact) mass is 461 g/mol. The summed E-state index contributed by atoms with van der Waals surface area (Å²) in [5, 5.41) is 4.74. The van der Waals surface area contributed by atoms with Crippen LogP contribution in [-0.4, -0.2) is 56.6 Å². The van der Waals surface area contributed by atoms with Crippen molar-refractivity contribution >= 4 is 17.3 Å². The van der Waals surface area contributed by atoms with Crippen molar-refractivity contribution in [3.63, 3.8) is 0 Å². The average Bonchev–Trinajstić information content (AvgIpc) is 3.15. The number of nitrogens with two attached hydrogens (primary N) is 1. The van der Waals surface area contributed by atoms with Crippen LogP contribution in [0.5, 0.6) is 5.88 Å². The number of nitrogens with zero attached hydrogens (tertiary/aromatic N) is 6. The number of rotatable bonds is 5. The van der Waals surface area contributed by atoms with Crippen LogP contribution in [0.4, 0.5) is 11.6 Å². The molecule has 0 bridgehead atoms. The standard InChI is InChI=1S/C24H27N7O3/c1-15-12-29(13-16(2)34-15)20-19(17-8-5-4-6-9-17)27-23(25)31-21(20)28-30(24(31)32)14-18-10-7-11-26-22(18)33-3/h4-11,15-16H,12-14H2,1-3H3,(H2,25,27). The molecule has 0 spiro atoms. The Hall–Kier alpha value is -3.92. The van der Waals surface area contributed by atoms with E-state index in [0.717, 1.165) is 16.8 Å². The van der Waals surface area contributed by atoms with E-state index in [2.05, 4.69) is 14.9 Å². The maximum absolute atomic E-state index is 13.4. The predicted octanol–water partition coefficient (Wildman–Crippen LogP) is 2.21. The first kappa shape index (κ1) is 21.9. The molecular formula is C24H27N7O3. The van der Waals surface area contributed by atoms with Crippen LogP contribution in [0.1, 0.15) is 19.4 Å². The van der Waals surface area contributed by atoms with E-state index < -0.39 is 0 Å². The van der Waals surface area contributed by atoms with Crippen molar-refractivity contribution in [1.29, 1.82) is 0 Å². The zero-order valence-electron chi connectivity index (χ0n) is 19.4. The van der Waals surface area contributed by atoms with Gasteiger partial charge in [-0.25, -0.2) is 23.8 Å². The third kappa shape index (κ3) is 3.86. The zero-order valence-corrected chi connectivity index (χ0v) is 19.4. The van der Waals surface area contributed by atoms with Gasteiger partial charge in [0.2, 0.25) is 11.8 Å². The summed E-state index contributed by atoms with van der Waals surface area (Å²) in [5.74, 6) is 0.528. The van der Waals surface area contributed by atoms with Gasteiger partial charge < -0.3 is 20.1 Å². The molecule has 10 nitrogen and oxygen atoms in total. The topological polar surface area (TPSA) is 113 Å². The average molecular weight is 462 g/mol. The fraction of sp³-hybridized carbons (Fsp3) is 0.333. The van der Waals surface area contributed by atoms with Crippen LogP contribution in [-0.2, 0) is 11.3 Å². The molecule has 4 aromatic rings. The molecule has 1 saturated heterocycles. The summed E-state index contributed by atoms with van der Waals surface area (Å²) in [5.41, 5.74) is 9.49. The second-order valence-corrected chi connectivity index (χ2v) is 8.47. The van der Waals surface area contributed by atoms with Crippen LogP contribution >= 0.6 is 0 Å². The molecule has 0 aliphatic carbocycles. The Labute approximate surface area is 196 Å². The highest BCUT2D eigenvalue weighted by atomic mass is 16.5. The number of hydrogen-bond donors (Lipinski definition) is 1. The molecule has 2 atom stereocenters. The van der Waals surface area contributed by atoms with Crippen molar-refractivity contribution in [1.82, 2.24) is 24.1 Å². The number of benzene rings is 1. The molecule has 1 aliphatic rings. The van der Waals surface area contributed by atoms with Gasteiger partial charge in [0.1, 0.15) is 11.4 Å². The Morgan fingerprint density at radius 2 is 1.85 bits per heavy atom. The number of nitrogen functional groups attached to an aromatic ring is 1. The zero-order chi connectivity index (χ0) is 23.8. The molecule has 2 unspecified atom stereocenters. The molecule has 10 heteroatoms. The number of methoxy groups -OCH3 is 1. The van der Waals surface area contributed by atoms with Crippen molar-refractivity contribution in [3.8, 4) is 17.1 Å². The maximum atomic E-state index is 13.4. The summed E-state index contributed by atoms with van der Waals surface area (Å²) in [7, 11) is 1.55. The number of aromatic nitrogens is 5. The van der Waals surface area contributed by atoms with E-state index in [-0.39, 0.29) is 30.4 Å². The van der Waals surface area contributed by atoms with Gasteiger partial charge in [0.25, 0.3) is 0 Å². The van der Waals surface area contributed by atoms with Crippen LogP contribution in [0.2, 0.25) is 0 Å². The lowest BCUT2D eigenvalue weighted by Crippen LogP contribution is -2.46. The van der Waals surface area contributed by atoms with Crippen LogP contribution in [0.3, 0.4) is 0 Å². The molecule has 34 heavy (non-hydrogen) atoms. The molecule has 0 saturated carbocycles. The van der Waals surface area contributed by atoms with E-state index in [1.807, 2.05) is 50.2 Å². The highest BCUT2D eigenvalue weighted by Gasteiger charge is 2.29. The highest BCUT2D eigenvalue weighted by molar-refractivity contribution is 5.86. The minimum atomic E-state index is -0.374. The van der Waals surface area contributed by atoms with Gasteiger partial charge >= 0.3 is 5.69 Å². The van der Waals surface area contributed by atoms with Crippen LogP contribution in [0.15, 0.2) is 53.5 Å². The second-order valence-electron chi connectivity index (χ2n) is 8.47. The van der Waals surface area contributed by atoms with Gasteiger partial charge in [-0.1, -0.05) is 36.4 Å². The summed E-state index contributed by atoms with van der Waals surface area (Å²) in [6, 6.07) is 13.5.